The molecule has 3 nitrogen and oxygen atoms in total. The number of hydrogen-bond donors (Lipinski definition) is 0. The SMILES string of the molecule is Cc1cccc(C)c1CC(=O)CN=Cc1ccco1. The van der Waals surface area contributed by atoms with Gasteiger partial charge in [-0.1, -0.05) is 18.2 Å². The van der Waals surface area contributed by atoms with E-state index in [0.29, 0.717) is 12.2 Å². The summed E-state index contributed by atoms with van der Waals surface area (Å²) in [6, 6.07) is 9.66. The van der Waals surface area contributed by atoms with Crippen molar-refractivity contribution in [2.75, 3.05) is 6.54 Å². The van der Waals surface area contributed by atoms with Crippen molar-refractivity contribution in [3.8, 4) is 0 Å². The maximum Gasteiger partial charge on any atom is 0.158 e. The average molecular weight is 255 g/mol. The second-order valence-electron chi connectivity index (χ2n) is 4.57. The molecule has 0 fully saturated rings. The number of carbonyl (C=O) groups is 1. The van der Waals surface area contributed by atoms with E-state index in [1.54, 1.807) is 24.6 Å². The Bertz CT molecular complexity index is 563. The lowest BCUT2D eigenvalue weighted by molar-refractivity contribution is -0.117. The molecule has 0 saturated heterocycles. The molecule has 0 aliphatic heterocycles. The lowest BCUT2D eigenvalue weighted by atomic mass is 9.98. The first-order chi connectivity index (χ1) is 9.16. The van der Waals surface area contributed by atoms with E-state index in [1.165, 1.54) is 0 Å². The van der Waals surface area contributed by atoms with Gasteiger partial charge in [0.15, 0.2) is 5.78 Å². The molecule has 2 rings (SSSR count). The summed E-state index contributed by atoms with van der Waals surface area (Å²) in [5.41, 5.74) is 3.42. The van der Waals surface area contributed by atoms with E-state index in [4.69, 9.17) is 4.42 Å². The topological polar surface area (TPSA) is 42.6 Å². The summed E-state index contributed by atoms with van der Waals surface area (Å²) >= 11 is 0. The standard InChI is InChI=1S/C16H17NO2/c1-12-5-3-6-13(2)16(12)9-14(18)10-17-11-15-7-4-8-19-15/h3-8,11H,9-10H2,1-2H3. The molecule has 0 saturated carbocycles. The van der Waals surface area contributed by atoms with Crippen molar-refractivity contribution in [1.29, 1.82) is 0 Å². The van der Waals surface area contributed by atoms with Crippen molar-refractivity contribution in [3.63, 3.8) is 0 Å². The van der Waals surface area contributed by atoms with Crippen molar-refractivity contribution < 1.29 is 9.21 Å². The first-order valence-electron chi connectivity index (χ1n) is 6.27. The van der Waals surface area contributed by atoms with Crippen molar-refractivity contribution in [1.82, 2.24) is 0 Å². The van der Waals surface area contributed by atoms with E-state index < -0.39 is 0 Å². The lowest BCUT2D eigenvalue weighted by Crippen LogP contribution is -2.09. The molecule has 0 radical (unpaired) electrons. The van der Waals surface area contributed by atoms with E-state index >= 15 is 0 Å². The lowest BCUT2D eigenvalue weighted by Gasteiger charge is -2.07. The number of ketones is 1. The number of Topliss-reactive ketones (excluding diaryl/α,β-unsaturated/α-hetero) is 1. The number of nitrogens with zero attached hydrogens (tertiary/aromatic N) is 1. The van der Waals surface area contributed by atoms with E-state index in [9.17, 15) is 4.79 Å². The zero-order chi connectivity index (χ0) is 13.7. The van der Waals surface area contributed by atoms with Crippen LogP contribution in [0.25, 0.3) is 0 Å². The van der Waals surface area contributed by atoms with Crippen LogP contribution in [0.2, 0.25) is 0 Å². The number of hydrogen-bond acceptors (Lipinski definition) is 3. The Morgan fingerprint density at radius 3 is 2.58 bits per heavy atom. The molecular weight excluding hydrogens is 238 g/mol. The van der Waals surface area contributed by atoms with Crippen LogP contribution in [0.5, 0.6) is 0 Å². The molecule has 0 bridgehead atoms. The van der Waals surface area contributed by atoms with Crippen LogP contribution in [-0.2, 0) is 11.2 Å². The zero-order valence-electron chi connectivity index (χ0n) is 11.2. The zero-order valence-corrected chi connectivity index (χ0v) is 11.2. The van der Waals surface area contributed by atoms with Crippen LogP contribution < -0.4 is 0 Å². The first kappa shape index (κ1) is 13.3. The highest BCUT2D eigenvalue weighted by Crippen LogP contribution is 2.14. The predicted molar refractivity (Wildman–Crippen MR) is 75.8 cm³/mol. The van der Waals surface area contributed by atoms with Gasteiger partial charge in [-0.15, -0.1) is 0 Å². The highest BCUT2D eigenvalue weighted by molar-refractivity contribution is 5.86. The molecule has 0 unspecified atom stereocenters. The van der Waals surface area contributed by atoms with Crippen molar-refractivity contribution >= 4 is 12.0 Å². The van der Waals surface area contributed by atoms with Gasteiger partial charge in [0.2, 0.25) is 0 Å². The molecule has 0 aliphatic carbocycles. The molecule has 3 heteroatoms. The summed E-state index contributed by atoms with van der Waals surface area (Å²) < 4.78 is 5.11. The van der Waals surface area contributed by atoms with Crippen molar-refractivity contribution in [2.45, 2.75) is 20.3 Å². The maximum atomic E-state index is 11.9. The van der Waals surface area contributed by atoms with Gasteiger partial charge in [0.1, 0.15) is 5.76 Å². The Kier molecular flexibility index (Phi) is 4.29. The minimum Gasteiger partial charge on any atom is -0.463 e. The van der Waals surface area contributed by atoms with E-state index in [2.05, 4.69) is 4.99 Å². The quantitative estimate of drug-likeness (QED) is 0.770. The molecular formula is C16H17NO2. The number of aryl methyl sites for hydroxylation is 2. The summed E-state index contributed by atoms with van der Waals surface area (Å²) in [7, 11) is 0. The summed E-state index contributed by atoms with van der Waals surface area (Å²) in [4.78, 5) is 16.0. The molecule has 0 amide bonds. The molecule has 0 spiro atoms. The van der Waals surface area contributed by atoms with Gasteiger partial charge in [0.05, 0.1) is 19.0 Å². The maximum absolute atomic E-state index is 11.9. The van der Waals surface area contributed by atoms with Crippen molar-refractivity contribution in [2.24, 2.45) is 4.99 Å². The third kappa shape index (κ3) is 3.65. The van der Waals surface area contributed by atoms with Crippen molar-refractivity contribution in [3.05, 3.63) is 59.0 Å². The van der Waals surface area contributed by atoms with Crippen LogP contribution in [0.15, 0.2) is 46.0 Å². The average Bonchev–Trinajstić information content (AvgIpc) is 2.87. The Labute approximate surface area is 113 Å². The van der Waals surface area contributed by atoms with Gasteiger partial charge in [-0.2, -0.15) is 0 Å². The minimum absolute atomic E-state index is 0.111. The normalized spacial score (nSPS) is 11.1. The number of furan rings is 1. The van der Waals surface area contributed by atoms with Crippen LogP contribution in [0, 0.1) is 13.8 Å². The smallest absolute Gasteiger partial charge is 0.158 e. The summed E-state index contributed by atoms with van der Waals surface area (Å²) in [5.74, 6) is 0.778. The molecule has 19 heavy (non-hydrogen) atoms. The van der Waals surface area contributed by atoms with Gasteiger partial charge < -0.3 is 4.42 Å². The number of benzene rings is 1. The van der Waals surface area contributed by atoms with Crippen LogP contribution in [0.1, 0.15) is 22.5 Å². The molecule has 0 aliphatic rings. The fourth-order valence-electron chi connectivity index (χ4n) is 1.98. The molecule has 0 N–H and O–H groups in total. The second-order valence-corrected chi connectivity index (χ2v) is 4.57. The highest BCUT2D eigenvalue weighted by atomic mass is 16.3. The van der Waals surface area contributed by atoms with Gasteiger partial charge >= 0.3 is 0 Å². The molecule has 1 heterocycles. The third-order valence-corrected chi connectivity index (χ3v) is 3.05. The Hall–Kier alpha value is -2.16. The minimum atomic E-state index is 0.111. The van der Waals surface area contributed by atoms with Gasteiger partial charge in [0.25, 0.3) is 0 Å². The molecule has 1 aromatic carbocycles. The van der Waals surface area contributed by atoms with E-state index in [0.717, 1.165) is 16.7 Å². The summed E-state index contributed by atoms with van der Waals surface area (Å²) in [6.45, 7) is 4.25. The monoisotopic (exact) mass is 255 g/mol. The first-order valence-corrected chi connectivity index (χ1v) is 6.27. The van der Waals surface area contributed by atoms with Crippen LogP contribution in [0.4, 0.5) is 0 Å². The molecule has 2 aromatic rings. The van der Waals surface area contributed by atoms with Crippen LogP contribution in [-0.4, -0.2) is 18.5 Å². The Balaban J connectivity index is 1.95. The van der Waals surface area contributed by atoms with E-state index in [1.807, 2.05) is 32.0 Å². The fourth-order valence-corrected chi connectivity index (χ4v) is 1.98. The summed E-state index contributed by atoms with van der Waals surface area (Å²) in [5, 5.41) is 0. The Morgan fingerprint density at radius 1 is 1.21 bits per heavy atom. The molecule has 98 valence electrons. The number of carbonyl (C=O) groups excluding carboxylic acids is 1. The fraction of sp³-hybridized carbons (Fsp3) is 0.250. The van der Waals surface area contributed by atoms with Gasteiger partial charge in [-0.05, 0) is 42.7 Å². The Morgan fingerprint density at radius 2 is 1.95 bits per heavy atom. The van der Waals surface area contributed by atoms with Crippen LogP contribution >= 0.6 is 0 Å². The molecule has 1 aromatic heterocycles. The third-order valence-electron chi connectivity index (χ3n) is 3.05. The van der Waals surface area contributed by atoms with Gasteiger partial charge in [0, 0.05) is 6.42 Å². The number of rotatable bonds is 5. The van der Waals surface area contributed by atoms with E-state index in [-0.39, 0.29) is 12.3 Å². The predicted octanol–water partition coefficient (Wildman–Crippen LogP) is 3.13. The van der Waals surface area contributed by atoms with Crippen LogP contribution in [0.3, 0.4) is 0 Å². The van der Waals surface area contributed by atoms with Gasteiger partial charge in [-0.3, -0.25) is 9.79 Å². The number of aliphatic imine (C=N–C) groups is 1. The molecule has 0 atom stereocenters. The highest BCUT2D eigenvalue weighted by Gasteiger charge is 2.07. The van der Waals surface area contributed by atoms with Gasteiger partial charge in [-0.25, -0.2) is 0 Å². The summed E-state index contributed by atoms with van der Waals surface area (Å²) in [6.07, 6.45) is 3.61. The largest absolute Gasteiger partial charge is 0.463 e. The second kappa shape index (κ2) is 6.14.